The van der Waals surface area contributed by atoms with Crippen LogP contribution >= 0.6 is 0 Å². The monoisotopic (exact) mass is 168 g/mol. The Hall–Kier alpha value is -0.830. The third-order valence-electron chi connectivity index (χ3n) is 2.30. The van der Waals surface area contributed by atoms with Crippen LogP contribution in [-0.4, -0.2) is 30.9 Å². The van der Waals surface area contributed by atoms with Gasteiger partial charge in [0.25, 0.3) is 0 Å². The molecule has 0 aromatic heterocycles. The zero-order valence-corrected chi connectivity index (χ0v) is 7.71. The van der Waals surface area contributed by atoms with E-state index in [1.165, 1.54) is 0 Å². The highest BCUT2D eigenvalue weighted by Gasteiger charge is 2.17. The van der Waals surface area contributed by atoms with Crippen molar-refractivity contribution in [2.75, 3.05) is 20.1 Å². The van der Waals surface area contributed by atoms with Crippen LogP contribution in [0.2, 0.25) is 0 Å². The van der Waals surface area contributed by atoms with E-state index < -0.39 is 0 Å². The molecule has 0 bridgehead atoms. The number of hydrogen-bond acceptors (Lipinski definition) is 2. The third kappa shape index (κ3) is 2.34. The van der Waals surface area contributed by atoms with Crippen LogP contribution in [0.1, 0.15) is 13.3 Å². The van der Waals surface area contributed by atoms with Gasteiger partial charge in [0.2, 0.25) is 5.91 Å². The Kier molecular flexibility index (Phi) is 2.87. The van der Waals surface area contributed by atoms with Crippen molar-refractivity contribution in [1.82, 2.24) is 4.90 Å². The minimum Gasteiger partial charge on any atom is -0.366 e. The highest BCUT2D eigenvalue weighted by Crippen LogP contribution is 2.16. The second-order valence-electron chi connectivity index (χ2n) is 3.52. The van der Waals surface area contributed by atoms with Crippen molar-refractivity contribution in [2.24, 2.45) is 11.7 Å². The van der Waals surface area contributed by atoms with Crippen LogP contribution in [-0.2, 0) is 4.79 Å². The van der Waals surface area contributed by atoms with E-state index in [0.717, 1.165) is 19.5 Å². The van der Waals surface area contributed by atoms with Gasteiger partial charge in [-0.2, -0.15) is 0 Å². The molecule has 68 valence electrons. The summed E-state index contributed by atoms with van der Waals surface area (Å²) in [7, 11) is 2.09. The van der Waals surface area contributed by atoms with Crippen molar-refractivity contribution in [3.8, 4) is 0 Å². The molecule has 1 unspecified atom stereocenters. The first-order valence-electron chi connectivity index (χ1n) is 4.26. The number of amides is 1. The van der Waals surface area contributed by atoms with E-state index in [9.17, 15) is 4.79 Å². The number of nitrogens with zero attached hydrogens (tertiary/aromatic N) is 1. The zero-order valence-electron chi connectivity index (χ0n) is 7.71. The topological polar surface area (TPSA) is 46.3 Å². The highest BCUT2D eigenvalue weighted by molar-refractivity contribution is 5.91. The summed E-state index contributed by atoms with van der Waals surface area (Å²) in [5.74, 6) is 0.215. The van der Waals surface area contributed by atoms with E-state index in [1.54, 1.807) is 6.92 Å². The summed E-state index contributed by atoms with van der Waals surface area (Å²) in [6.45, 7) is 3.94. The molecule has 1 aliphatic heterocycles. The molecule has 2 N–H and O–H groups in total. The van der Waals surface area contributed by atoms with Crippen molar-refractivity contribution in [2.45, 2.75) is 13.3 Å². The summed E-state index contributed by atoms with van der Waals surface area (Å²) in [6.07, 6.45) is 3.13. The Balaban J connectivity index is 2.50. The number of likely N-dealkylation sites (tertiary alicyclic amines) is 1. The van der Waals surface area contributed by atoms with Gasteiger partial charge in [-0.25, -0.2) is 0 Å². The summed E-state index contributed by atoms with van der Waals surface area (Å²) in [6, 6.07) is 0. The van der Waals surface area contributed by atoms with E-state index in [0.29, 0.717) is 11.5 Å². The summed E-state index contributed by atoms with van der Waals surface area (Å²) in [4.78, 5) is 13.0. The van der Waals surface area contributed by atoms with Crippen molar-refractivity contribution in [1.29, 1.82) is 0 Å². The molecule has 1 amide bonds. The van der Waals surface area contributed by atoms with Gasteiger partial charge >= 0.3 is 0 Å². The molecule has 0 aromatic rings. The Bertz CT molecular complexity index is 211. The molecule has 0 saturated carbocycles. The SMILES string of the molecule is CC(=CC1CCN(C)C1)C(N)=O. The maximum absolute atomic E-state index is 10.7. The molecule has 0 radical (unpaired) electrons. The Morgan fingerprint density at radius 2 is 2.33 bits per heavy atom. The number of carbonyl (C=O) groups excluding carboxylic acids is 1. The van der Waals surface area contributed by atoms with Crippen molar-refractivity contribution >= 4 is 5.91 Å². The largest absolute Gasteiger partial charge is 0.366 e. The molecular formula is C9H16N2O. The van der Waals surface area contributed by atoms with E-state index in [2.05, 4.69) is 11.9 Å². The molecule has 1 atom stereocenters. The molecule has 0 spiro atoms. The van der Waals surface area contributed by atoms with E-state index in [4.69, 9.17) is 5.73 Å². The molecule has 1 aliphatic rings. The fourth-order valence-electron chi connectivity index (χ4n) is 1.54. The van der Waals surface area contributed by atoms with Crippen LogP contribution < -0.4 is 5.73 Å². The fourth-order valence-corrected chi connectivity index (χ4v) is 1.54. The molecule has 1 fully saturated rings. The second kappa shape index (κ2) is 3.72. The molecular weight excluding hydrogens is 152 g/mol. The first-order chi connectivity index (χ1) is 5.59. The lowest BCUT2D eigenvalue weighted by atomic mass is 10.1. The predicted molar refractivity (Wildman–Crippen MR) is 48.6 cm³/mol. The van der Waals surface area contributed by atoms with Crippen LogP contribution in [0, 0.1) is 5.92 Å². The van der Waals surface area contributed by atoms with Crippen molar-refractivity contribution < 1.29 is 4.79 Å². The molecule has 1 saturated heterocycles. The van der Waals surface area contributed by atoms with Gasteiger partial charge in [-0.1, -0.05) is 6.08 Å². The predicted octanol–water partition coefficient (Wildman–Crippen LogP) is 0.370. The first kappa shape index (κ1) is 9.26. The van der Waals surface area contributed by atoms with Crippen LogP contribution in [0.3, 0.4) is 0 Å². The molecule has 3 heteroatoms. The quantitative estimate of drug-likeness (QED) is 0.605. The lowest BCUT2D eigenvalue weighted by Crippen LogP contribution is -2.15. The summed E-state index contributed by atoms with van der Waals surface area (Å²) < 4.78 is 0. The number of nitrogens with two attached hydrogens (primary N) is 1. The lowest BCUT2D eigenvalue weighted by molar-refractivity contribution is -0.114. The van der Waals surface area contributed by atoms with Gasteiger partial charge in [-0.05, 0) is 32.9 Å². The summed E-state index contributed by atoms with van der Waals surface area (Å²) in [5, 5.41) is 0. The number of hydrogen-bond donors (Lipinski definition) is 1. The number of primary amides is 1. The highest BCUT2D eigenvalue weighted by atomic mass is 16.1. The average molecular weight is 168 g/mol. The second-order valence-corrected chi connectivity index (χ2v) is 3.52. The first-order valence-corrected chi connectivity index (χ1v) is 4.26. The maximum Gasteiger partial charge on any atom is 0.244 e. The van der Waals surface area contributed by atoms with Crippen LogP contribution in [0.4, 0.5) is 0 Å². The van der Waals surface area contributed by atoms with Gasteiger partial charge < -0.3 is 10.6 Å². The van der Waals surface area contributed by atoms with Gasteiger partial charge in [0.15, 0.2) is 0 Å². The zero-order chi connectivity index (χ0) is 9.14. The Morgan fingerprint density at radius 3 is 2.75 bits per heavy atom. The minimum atomic E-state index is -0.301. The average Bonchev–Trinajstić information content (AvgIpc) is 2.35. The molecule has 0 aliphatic carbocycles. The van der Waals surface area contributed by atoms with Crippen molar-refractivity contribution in [3.63, 3.8) is 0 Å². The number of carbonyl (C=O) groups is 1. The van der Waals surface area contributed by atoms with Gasteiger partial charge in [-0.15, -0.1) is 0 Å². The van der Waals surface area contributed by atoms with Crippen LogP contribution in [0.25, 0.3) is 0 Å². The molecule has 1 rings (SSSR count). The van der Waals surface area contributed by atoms with Crippen LogP contribution in [0.5, 0.6) is 0 Å². The van der Waals surface area contributed by atoms with Gasteiger partial charge in [-0.3, -0.25) is 4.79 Å². The standard InChI is InChI=1S/C9H16N2O/c1-7(9(10)12)5-8-3-4-11(2)6-8/h5,8H,3-4,6H2,1-2H3,(H2,10,12). The minimum absolute atomic E-state index is 0.301. The third-order valence-corrected chi connectivity index (χ3v) is 2.30. The summed E-state index contributed by atoms with van der Waals surface area (Å²) >= 11 is 0. The van der Waals surface area contributed by atoms with Gasteiger partial charge in [0.05, 0.1) is 0 Å². The van der Waals surface area contributed by atoms with Gasteiger partial charge in [0.1, 0.15) is 0 Å². The van der Waals surface area contributed by atoms with E-state index in [-0.39, 0.29) is 5.91 Å². The summed E-state index contributed by atoms with van der Waals surface area (Å²) in [5.41, 5.74) is 5.82. The number of rotatable bonds is 2. The molecule has 0 aromatic carbocycles. The Morgan fingerprint density at radius 1 is 1.67 bits per heavy atom. The lowest BCUT2D eigenvalue weighted by Gasteiger charge is -2.06. The van der Waals surface area contributed by atoms with Crippen LogP contribution in [0.15, 0.2) is 11.6 Å². The molecule has 1 heterocycles. The fraction of sp³-hybridized carbons (Fsp3) is 0.667. The molecule has 12 heavy (non-hydrogen) atoms. The van der Waals surface area contributed by atoms with E-state index in [1.807, 2.05) is 6.08 Å². The normalized spacial score (nSPS) is 26.2. The van der Waals surface area contributed by atoms with Crippen molar-refractivity contribution in [3.05, 3.63) is 11.6 Å². The van der Waals surface area contributed by atoms with Gasteiger partial charge in [0, 0.05) is 12.1 Å². The Labute approximate surface area is 73.2 Å². The maximum atomic E-state index is 10.7. The smallest absolute Gasteiger partial charge is 0.244 e. The molecule has 3 nitrogen and oxygen atoms in total. The van der Waals surface area contributed by atoms with E-state index >= 15 is 0 Å².